The van der Waals surface area contributed by atoms with Crippen LogP contribution in [0.25, 0.3) is 0 Å². The number of nitrogens with zero attached hydrogens (tertiary/aromatic N) is 2. The van der Waals surface area contributed by atoms with Crippen LogP contribution in [0.15, 0.2) is 0 Å². The zero-order valence-corrected chi connectivity index (χ0v) is 13.6. The Balaban J connectivity index is 1.66. The molecule has 3 unspecified atom stereocenters. The van der Waals surface area contributed by atoms with Gasteiger partial charge < -0.3 is 10.6 Å². The minimum Gasteiger partial charge on any atom is -0.351 e. The molecule has 0 saturated heterocycles. The van der Waals surface area contributed by atoms with Gasteiger partial charge in [0.25, 0.3) is 0 Å². The first-order valence-electron chi connectivity index (χ1n) is 8.11. The van der Waals surface area contributed by atoms with Crippen LogP contribution in [0, 0.1) is 17.8 Å². The van der Waals surface area contributed by atoms with Crippen molar-refractivity contribution in [3.63, 3.8) is 0 Å². The molecule has 1 heterocycles. The highest BCUT2D eigenvalue weighted by atomic mass is 32.1. The van der Waals surface area contributed by atoms with E-state index in [4.69, 9.17) is 10.7 Å². The Kier molecular flexibility index (Phi) is 4.32. The SMILES string of the molecule is CCCc1nc(N(C)CC2CC3CCC2C3)sc1CN. The molecule has 112 valence electrons. The monoisotopic (exact) mass is 293 g/mol. The molecule has 1 aromatic rings. The van der Waals surface area contributed by atoms with Crippen LogP contribution in [-0.4, -0.2) is 18.6 Å². The highest BCUT2D eigenvalue weighted by molar-refractivity contribution is 7.15. The molecule has 0 spiro atoms. The van der Waals surface area contributed by atoms with E-state index in [0.717, 1.165) is 30.6 Å². The molecule has 2 bridgehead atoms. The summed E-state index contributed by atoms with van der Waals surface area (Å²) in [7, 11) is 2.21. The molecule has 0 radical (unpaired) electrons. The fourth-order valence-corrected chi connectivity index (χ4v) is 5.11. The van der Waals surface area contributed by atoms with Gasteiger partial charge >= 0.3 is 0 Å². The molecule has 20 heavy (non-hydrogen) atoms. The maximum absolute atomic E-state index is 5.86. The molecular weight excluding hydrogens is 266 g/mol. The van der Waals surface area contributed by atoms with Crippen LogP contribution in [-0.2, 0) is 13.0 Å². The summed E-state index contributed by atoms with van der Waals surface area (Å²) in [6.07, 6.45) is 8.10. The minimum atomic E-state index is 0.634. The number of aromatic nitrogens is 1. The van der Waals surface area contributed by atoms with Gasteiger partial charge in [-0.1, -0.05) is 19.8 Å². The third-order valence-electron chi connectivity index (χ3n) is 5.16. The molecule has 2 aliphatic carbocycles. The van der Waals surface area contributed by atoms with Gasteiger partial charge in [0.2, 0.25) is 0 Å². The summed E-state index contributed by atoms with van der Waals surface area (Å²) in [5.74, 6) is 2.93. The normalized spacial score (nSPS) is 28.2. The number of aryl methyl sites for hydroxylation is 1. The lowest BCUT2D eigenvalue weighted by Crippen LogP contribution is -2.28. The smallest absolute Gasteiger partial charge is 0.185 e. The van der Waals surface area contributed by atoms with Crippen molar-refractivity contribution in [2.75, 3.05) is 18.5 Å². The average molecular weight is 293 g/mol. The first kappa shape index (κ1) is 14.3. The lowest BCUT2D eigenvalue weighted by Gasteiger charge is -2.26. The molecule has 2 fully saturated rings. The molecule has 0 aromatic carbocycles. The third kappa shape index (κ3) is 2.73. The number of anilines is 1. The van der Waals surface area contributed by atoms with Crippen LogP contribution in [0.2, 0.25) is 0 Å². The summed E-state index contributed by atoms with van der Waals surface area (Å²) in [5.41, 5.74) is 7.09. The van der Waals surface area contributed by atoms with Crippen molar-refractivity contribution in [2.24, 2.45) is 23.5 Å². The third-order valence-corrected chi connectivity index (χ3v) is 6.39. The largest absolute Gasteiger partial charge is 0.351 e. The molecule has 0 aliphatic heterocycles. The van der Waals surface area contributed by atoms with E-state index >= 15 is 0 Å². The fraction of sp³-hybridized carbons (Fsp3) is 0.812. The molecule has 0 amide bonds. The van der Waals surface area contributed by atoms with Gasteiger partial charge in [-0.15, -0.1) is 11.3 Å². The van der Waals surface area contributed by atoms with Crippen molar-refractivity contribution in [3.05, 3.63) is 10.6 Å². The Morgan fingerprint density at radius 2 is 2.20 bits per heavy atom. The molecular formula is C16H27N3S. The second-order valence-corrected chi connectivity index (χ2v) is 7.70. The molecule has 3 rings (SSSR count). The van der Waals surface area contributed by atoms with Gasteiger partial charge in [-0.05, 0) is 43.4 Å². The van der Waals surface area contributed by atoms with Gasteiger partial charge in [-0.3, -0.25) is 0 Å². The zero-order valence-electron chi connectivity index (χ0n) is 12.8. The number of hydrogen-bond donors (Lipinski definition) is 1. The van der Waals surface area contributed by atoms with E-state index in [-0.39, 0.29) is 0 Å². The number of nitrogens with two attached hydrogens (primary N) is 1. The first-order chi connectivity index (χ1) is 9.71. The van der Waals surface area contributed by atoms with Gasteiger partial charge in [-0.25, -0.2) is 4.98 Å². The summed E-state index contributed by atoms with van der Waals surface area (Å²) in [6, 6.07) is 0. The van der Waals surface area contributed by atoms with Crippen molar-refractivity contribution in [3.8, 4) is 0 Å². The van der Waals surface area contributed by atoms with Crippen LogP contribution < -0.4 is 10.6 Å². The lowest BCUT2D eigenvalue weighted by molar-refractivity contribution is 0.337. The quantitative estimate of drug-likeness (QED) is 0.874. The minimum absolute atomic E-state index is 0.634. The first-order valence-corrected chi connectivity index (χ1v) is 8.92. The van der Waals surface area contributed by atoms with Gasteiger partial charge in [0, 0.05) is 25.0 Å². The maximum Gasteiger partial charge on any atom is 0.185 e. The number of fused-ring (bicyclic) bond motifs is 2. The molecule has 3 nitrogen and oxygen atoms in total. The summed E-state index contributed by atoms with van der Waals surface area (Å²) >= 11 is 1.80. The summed E-state index contributed by atoms with van der Waals surface area (Å²) in [6.45, 7) is 4.03. The predicted molar refractivity (Wildman–Crippen MR) is 86.2 cm³/mol. The van der Waals surface area contributed by atoms with Crippen molar-refractivity contribution in [2.45, 2.75) is 52.0 Å². The molecule has 2 saturated carbocycles. The van der Waals surface area contributed by atoms with Crippen molar-refractivity contribution in [1.29, 1.82) is 0 Å². The number of hydrogen-bond acceptors (Lipinski definition) is 4. The summed E-state index contributed by atoms with van der Waals surface area (Å²) in [4.78, 5) is 8.50. The van der Waals surface area contributed by atoms with E-state index in [1.165, 1.54) is 47.9 Å². The Bertz CT molecular complexity index is 457. The molecule has 3 atom stereocenters. The van der Waals surface area contributed by atoms with E-state index < -0.39 is 0 Å². The molecule has 4 heteroatoms. The van der Waals surface area contributed by atoms with Crippen LogP contribution in [0.1, 0.15) is 49.6 Å². The highest BCUT2D eigenvalue weighted by Gasteiger charge is 2.39. The van der Waals surface area contributed by atoms with Crippen molar-refractivity contribution >= 4 is 16.5 Å². The molecule has 1 aromatic heterocycles. The second kappa shape index (κ2) is 6.02. The fourth-order valence-electron chi connectivity index (χ4n) is 4.15. The van der Waals surface area contributed by atoms with Crippen LogP contribution in [0.4, 0.5) is 5.13 Å². The Hall–Kier alpha value is -0.610. The number of rotatable bonds is 6. The zero-order chi connectivity index (χ0) is 14.1. The van der Waals surface area contributed by atoms with E-state index in [1.807, 2.05) is 0 Å². The van der Waals surface area contributed by atoms with Gasteiger partial charge in [0.1, 0.15) is 0 Å². The van der Waals surface area contributed by atoms with Gasteiger partial charge in [0.05, 0.1) is 5.69 Å². The van der Waals surface area contributed by atoms with Gasteiger partial charge in [-0.2, -0.15) is 0 Å². The van der Waals surface area contributed by atoms with E-state index in [9.17, 15) is 0 Å². The Morgan fingerprint density at radius 3 is 2.80 bits per heavy atom. The van der Waals surface area contributed by atoms with Crippen LogP contribution in [0.3, 0.4) is 0 Å². The van der Waals surface area contributed by atoms with Crippen LogP contribution >= 0.6 is 11.3 Å². The second-order valence-electron chi connectivity index (χ2n) is 6.64. The van der Waals surface area contributed by atoms with E-state index in [0.29, 0.717) is 6.54 Å². The summed E-state index contributed by atoms with van der Waals surface area (Å²) in [5, 5.41) is 1.18. The standard InChI is InChI=1S/C16H27N3S/c1-3-4-14-15(9-17)20-16(18-14)19(2)10-13-8-11-5-6-12(13)7-11/h11-13H,3-10,17H2,1-2H3. The number of thiazole rings is 1. The van der Waals surface area contributed by atoms with E-state index in [2.05, 4.69) is 18.9 Å². The van der Waals surface area contributed by atoms with Crippen molar-refractivity contribution in [1.82, 2.24) is 4.98 Å². The predicted octanol–water partition coefficient (Wildman–Crippen LogP) is 3.43. The maximum atomic E-state index is 5.86. The lowest BCUT2D eigenvalue weighted by atomic mass is 9.88. The summed E-state index contributed by atoms with van der Waals surface area (Å²) < 4.78 is 0. The highest BCUT2D eigenvalue weighted by Crippen LogP contribution is 2.48. The topological polar surface area (TPSA) is 42.2 Å². The average Bonchev–Trinajstić information content (AvgIpc) is 3.13. The Labute approximate surface area is 126 Å². The molecule has 2 N–H and O–H groups in total. The van der Waals surface area contributed by atoms with Gasteiger partial charge in [0.15, 0.2) is 5.13 Å². The van der Waals surface area contributed by atoms with Crippen molar-refractivity contribution < 1.29 is 0 Å². The van der Waals surface area contributed by atoms with Crippen LogP contribution in [0.5, 0.6) is 0 Å². The van der Waals surface area contributed by atoms with E-state index in [1.54, 1.807) is 11.3 Å². The Morgan fingerprint density at radius 1 is 1.35 bits per heavy atom. The molecule has 2 aliphatic rings.